The standard InChI is InChI=1S/C14H11F3N2O4S/c1-7-11(18-13(24-7)19-12(22)14(15,16)17)8-2-4-9(5-3-8)23-6-10(20)21/h2-5H,6H2,1H3,(H,20,21)(H,18,19,22). The molecule has 0 aliphatic heterocycles. The number of halogens is 3. The number of thiazole rings is 1. The Hall–Kier alpha value is -2.62. The SMILES string of the molecule is Cc1sc(NC(=O)C(F)(F)F)nc1-c1ccc(OCC(=O)O)cc1. The van der Waals surface area contributed by atoms with Gasteiger partial charge in [0.1, 0.15) is 5.75 Å². The van der Waals surface area contributed by atoms with Crippen LogP contribution in [0.15, 0.2) is 24.3 Å². The molecule has 128 valence electrons. The van der Waals surface area contributed by atoms with E-state index >= 15 is 0 Å². The Bertz CT molecular complexity index is 756. The van der Waals surface area contributed by atoms with Gasteiger partial charge in [-0.25, -0.2) is 9.78 Å². The molecule has 0 spiro atoms. The second-order valence-corrected chi connectivity index (χ2v) is 5.79. The van der Waals surface area contributed by atoms with Gasteiger partial charge in [0.25, 0.3) is 0 Å². The number of nitrogens with one attached hydrogen (secondary N) is 1. The number of hydrogen-bond acceptors (Lipinski definition) is 5. The normalized spacial score (nSPS) is 11.2. The van der Waals surface area contributed by atoms with Gasteiger partial charge >= 0.3 is 18.1 Å². The number of amides is 1. The molecule has 2 aromatic rings. The number of ether oxygens (including phenoxy) is 1. The van der Waals surface area contributed by atoms with Crippen molar-refractivity contribution >= 4 is 28.3 Å². The third-order valence-electron chi connectivity index (χ3n) is 2.76. The number of alkyl halides is 3. The lowest BCUT2D eigenvalue weighted by Crippen LogP contribution is -2.29. The molecule has 0 atom stereocenters. The molecule has 0 aliphatic rings. The Morgan fingerprint density at radius 2 is 1.92 bits per heavy atom. The lowest BCUT2D eigenvalue weighted by atomic mass is 10.1. The molecule has 1 heterocycles. The molecular weight excluding hydrogens is 349 g/mol. The van der Waals surface area contributed by atoms with Crippen molar-refractivity contribution in [1.29, 1.82) is 0 Å². The minimum atomic E-state index is -4.98. The number of aromatic nitrogens is 1. The first-order valence-electron chi connectivity index (χ1n) is 6.47. The lowest BCUT2D eigenvalue weighted by molar-refractivity contribution is -0.167. The van der Waals surface area contributed by atoms with Gasteiger partial charge in [-0.05, 0) is 31.2 Å². The average molecular weight is 360 g/mol. The van der Waals surface area contributed by atoms with Gasteiger partial charge in [0, 0.05) is 10.4 Å². The van der Waals surface area contributed by atoms with Gasteiger partial charge in [0.05, 0.1) is 5.69 Å². The summed E-state index contributed by atoms with van der Waals surface area (Å²) in [7, 11) is 0. The number of nitrogens with zero attached hydrogens (tertiary/aromatic N) is 1. The Morgan fingerprint density at radius 1 is 1.29 bits per heavy atom. The predicted octanol–water partition coefficient (Wildman–Crippen LogP) is 3.08. The van der Waals surface area contributed by atoms with E-state index < -0.39 is 24.7 Å². The van der Waals surface area contributed by atoms with Gasteiger partial charge in [-0.3, -0.25) is 10.1 Å². The number of anilines is 1. The Balaban J connectivity index is 2.15. The van der Waals surface area contributed by atoms with E-state index in [4.69, 9.17) is 9.84 Å². The number of aliphatic carboxylic acids is 1. The maximum absolute atomic E-state index is 12.2. The van der Waals surface area contributed by atoms with Crippen molar-refractivity contribution in [3.63, 3.8) is 0 Å². The average Bonchev–Trinajstić information content (AvgIpc) is 2.85. The van der Waals surface area contributed by atoms with E-state index in [1.54, 1.807) is 24.4 Å². The first kappa shape index (κ1) is 17.7. The van der Waals surface area contributed by atoms with Crippen LogP contribution >= 0.6 is 11.3 Å². The number of carbonyl (C=O) groups excluding carboxylic acids is 1. The summed E-state index contributed by atoms with van der Waals surface area (Å²) >= 11 is 0.920. The first-order valence-corrected chi connectivity index (χ1v) is 7.29. The second kappa shape index (κ2) is 6.87. The lowest BCUT2D eigenvalue weighted by Gasteiger charge is -2.05. The van der Waals surface area contributed by atoms with E-state index in [0.29, 0.717) is 21.9 Å². The highest BCUT2D eigenvalue weighted by Gasteiger charge is 2.39. The van der Waals surface area contributed by atoms with Gasteiger partial charge in [-0.15, -0.1) is 11.3 Å². The molecule has 0 bridgehead atoms. The third-order valence-corrected chi connectivity index (χ3v) is 3.65. The number of carbonyl (C=O) groups is 2. The van der Waals surface area contributed by atoms with Crippen molar-refractivity contribution in [2.45, 2.75) is 13.1 Å². The third kappa shape index (κ3) is 4.44. The monoisotopic (exact) mass is 360 g/mol. The van der Waals surface area contributed by atoms with E-state index in [0.717, 1.165) is 11.3 Å². The Labute approximate surface area is 137 Å². The molecule has 0 saturated carbocycles. The zero-order valence-corrected chi connectivity index (χ0v) is 13.0. The quantitative estimate of drug-likeness (QED) is 0.855. The van der Waals surface area contributed by atoms with Crippen LogP contribution in [-0.2, 0) is 9.59 Å². The molecule has 1 amide bonds. The van der Waals surface area contributed by atoms with Crippen LogP contribution in [0.2, 0.25) is 0 Å². The Morgan fingerprint density at radius 3 is 2.46 bits per heavy atom. The zero-order valence-electron chi connectivity index (χ0n) is 12.2. The maximum Gasteiger partial charge on any atom is 0.471 e. The van der Waals surface area contributed by atoms with E-state index in [1.807, 2.05) is 0 Å². The summed E-state index contributed by atoms with van der Waals surface area (Å²) in [6.07, 6.45) is -4.98. The molecule has 2 rings (SSSR count). The van der Waals surface area contributed by atoms with Gasteiger partial charge in [0.2, 0.25) is 0 Å². The fraction of sp³-hybridized carbons (Fsp3) is 0.214. The largest absolute Gasteiger partial charge is 0.482 e. The fourth-order valence-electron chi connectivity index (χ4n) is 1.74. The van der Waals surface area contributed by atoms with Gasteiger partial charge < -0.3 is 9.84 Å². The van der Waals surface area contributed by atoms with Gasteiger partial charge in [-0.2, -0.15) is 13.2 Å². The zero-order chi connectivity index (χ0) is 17.9. The number of carboxylic acids is 1. The number of carboxylic acid groups (broad SMARTS) is 1. The summed E-state index contributed by atoms with van der Waals surface area (Å²) in [5, 5.41) is 10.1. The number of aryl methyl sites for hydroxylation is 1. The van der Waals surface area contributed by atoms with Crippen LogP contribution in [0, 0.1) is 6.92 Å². The maximum atomic E-state index is 12.2. The molecular formula is C14H11F3N2O4S. The first-order chi connectivity index (χ1) is 11.2. The minimum Gasteiger partial charge on any atom is -0.482 e. The van der Waals surface area contributed by atoms with E-state index in [9.17, 15) is 22.8 Å². The summed E-state index contributed by atoms with van der Waals surface area (Å²) in [6.45, 7) is 1.17. The summed E-state index contributed by atoms with van der Waals surface area (Å²) in [5.41, 5.74) is 1.01. The van der Waals surface area contributed by atoms with Crippen LogP contribution in [0.1, 0.15) is 4.88 Å². The highest BCUT2D eigenvalue weighted by molar-refractivity contribution is 7.16. The van der Waals surface area contributed by atoms with Crippen molar-refractivity contribution in [3.05, 3.63) is 29.1 Å². The summed E-state index contributed by atoms with van der Waals surface area (Å²) in [4.78, 5) is 26.0. The fourth-order valence-corrected chi connectivity index (χ4v) is 2.57. The van der Waals surface area contributed by atoms with Crippen LogP contribution in [-0.4, -0.2) is 34.8 Å². The molecule has 0 aliphatic carbocycles. The summed E-state index contributed by atoms with van der Waals surface area (Å²) in [5.74, 6) is -2.86. The van der Waals surface area contributed by atoms with Gasteiger partial charge in [0.15, 0.2) is 11.7 Å². The molecule has 6 nitrogen and oxygen atoms in total. The number of rotatable bonds is 5. The number of hydrogen-bond donors (Lipinski definition) is 2. The molecule has 0 unspecified atom stereocenters. The molecule has 10 heteroatoms. The van der Waals surface area contributed by atoms with E-state index in [-0.39, 0.29) is 5.13 Å². The molecule has 0 fully saturated rings. The van der Waals surface area contributed by atoms with Crippen molar-refractivity contribution in [1.82, 2.24) is 4.98 Å². The highest BCUT2D eigenvalue weighted by atomic mass is 32.1. The van der Waals surface area contributed by atoms with E-state index in [1.165, 1.54) is 12.1 Å². The van der Waals surface area contributed by atoms with Crippen molar-refractivity contribution in [3.8, 4) is 17.0 Å². The van der Waals surface area contributed by atoms with Crippen molar-refractivity contribution in [2.24, 2.45) is 0 Å². The molecule has 24 heavy (non-hydrogen) atoms. The Kier molecular flexibility index (Phi) is 5.07. The molecule has 2 N–H and O–H groups in total. The molecule has 0 saturated heterocycles. The van der Waals surface area contributed by atoms with Crippen LogP contribution in [0.3, 0.4) is 0 Å². The van der Waals surface area contributed by atoms with Gasteiger partial charge in [-0.1, -0.05) is 0 Å². The predicted molar refractivity (Wildman–Crippen MR) is 80.1 cm³/mol. The van der Waals surface area contributed by atoms with Crippen LogP contribution in [0.5, 0.6) is 5.75 Å². The summed E-state index contributed by atoms with van der Waals surface area (Å²) in [6, 6.07) is 6.22. The number of benzene rings is 1. The topological polar surface area (TPSA) is 88.5 Å². The van der Waals surface area contributed by atoms with E-state index in [2.05, 4.69) is 4.98 Å². The molecule has 0 radical (unpaired) electrons. The smallest absolute Gasteiger partial charge is 0.471 e. The van der Waals surface area contributed by atoms with Crippen LogP contribution in [0.25, 0.3) is 11.3 Å². The molecule has 1 aromatic carbocycles. The minimum absolute atomic E-state index is 0.156. The van der Waals surface area contributed by atoms with Crippen LogP contribution in [0.4, 0.5) is 18.3 Å². The van der Waals surface area contributed by atoms with Crippen molar-refractivity contribution in [2.75, 3.05) is 11.9 Å². The second-order valence-electron chi connectivity index (χ2n) is 4.58. The van der Waals surface area contributed by atoms with Crippen LogP contribution < -0.4 is 10.1 Å². The highest BCUT2D eigenvalue weighted by Crippen LogP contribution is 2.32. The van der Waals surface area contributed by atoms with Crippen molar-refractivity contribution < 1.29 is 32.6 Å². The summed E-state index contributed by atoms with van der Waals surface area (Å²) < 4.78 is 41.7. The molecule has 1 aromatic heterocycles.